The largest absolute Gasteiger partial charge is 0.481 e. The van der Waals surface area contributed by atoms with Crippen LogP contribution in [0.3, 0.4) is 0 Å². The number of fused-ring (bicyclic) bond motifs is 1. The summed E-state index contributed by atoms with van der Waals surface area (Å²) in [6, 6.07) is 0. The lowest BCUT2D eigenvalue weighted by molar-refractivity contribution is -0.145. The van der Waals surface area contributed by atoms with Crippen molar-refractivity contribution >= 4 is 11.9 Å². The van der Waals surface area contributed by atoms with E-state index in [4.69, 9.17) is 4.74 Å². The molecule has 7 nitrogen and oxygen atoms in total. The molecule has 0 aliphatic carbocycles. The van der Waals surface area contributed by atoms with Crippen LogP contribution in [0.4, 0.5) is 0 Å². The van der Waals surface area contributed by atoms with Crippen LogP contribution in [0, 0.1) is 0 Å². The van der Waals surface area contributed by atoms with Crippen LogP contribution in [0.2, 0.25) is 0 Å². The molecule has 1 aromatic heterocycles. The predicted molar refractivity (Wildman–Crippen MR) is 72.7 cm³/mol. The first-order chi connectivity index (χ1) is 10.1. The number of carboxylic acid groups (broad SMARTS) is 1. The molecule has 114 valence electrons. The number of aryl methyl sites for hydroxylation is 1. The lowest BCUT2D eigenvalue weighted by atomic mass is 9.97. The van der Waals surface area contributed by atoms with Crippen LogP contribution in [0.15, 0.2) is 6.33 Å². The smallest absolute Gasteiger partial charge is 0.314 e. The van der Waals surface area contributed by atoms with Gasteiger partial charge in [0.2, 0.25) is 0 Å². The van der Waals surface area contributed by atoms with Crippen LogP contribution in [0.5, 0.6) is 0 Å². The molecular formula is C14H19N3O4. The van der Waals surface area contributed by atoms with Gasteiger partial charge in [0.05, 0.1) is 24.3 Å². The third kappa shape index (κ3) is 2.42. The van der Waals surface area contributed by atoms with Gasteiger partial charge in [-0.25, -0.2) is 4.98 Å². The van der Waals surface area contributed by atoms with E-state index in [1.807, 2.05) is 11.5 Å². The fourth-order valence-electron chi connectivity index (χ4n) is 3.10. The van der Waals surface area contributed by atoms with E-state index in [2.05, 4.69) is 4.98 Å². The van der Waals surface area contributed by atoms with Gasteiger partial charge in [0.25, 0.3) is 5.91 Å². The number of amides is 1. The first kappa shape index (κ1) is 14.1. The van der Waals surface area contributed by atoms with Crippen molar-refractivity contribution < 1.29 is 19.4 Å². The first-order valence-corrected chi connectivity index (χ1v) is 7.29. The molecule has 2 atom stereocenters. The van der Waals surface area contributed by atoms with Gasteiger partial charge < -0.3 is 19.3 Å². The maximum absolute atomic E-state index is 12.4. The number of hydrogen-bond acceptors (Lipinski definition) is 4. The number of aromatic nitrogens is 2. The van der Waals surface area contributed by atoms with E-state index in [0.717, 1.165) is 12.1 Å². The molecule has 1 unspecified atom stereocenters. The van der Waals surface area contributed by atoms with Crippen molar-refractivity contribution in [2.24, 2.45) is 0 Å². The van der Waals surface area contributed by atoms with Crippen LogP contribution in [-0.2, 0) is 27.4 Å². The number of rotatable bonds is 3. The van der Waals surface area contributed by atoms with Crippen molar-refractivity contribution in [2.45, 2.75) is 44.9 Å². The summed E-state index contributed by atoms with van der Waals surface area (Å²) in [6.45, 7) is 3.77. The van der Waals surface area contributed by atoms with E-state index in [1.54, 1.807) is 11.2 Å². The minimum Gasteiger partial charge on any atom is -0.481 e. The van der Waals surface area contributed by atoms with E-state index in [-0.39, 0.29) is 12.5 Å². The monoisotopic (exact) mass is 293 g/mol. The van der Waals surface area contributed by atoms with Gasteiger partial charge in [-0.1, -0.05) is 0 Å². The zero-order valence-electron chi connectivity index (χ0n) is 12.0. The third-order valence-corrected chi connectivity index (χ3v) is 4.19. The summed E-state index contributed by atoms with van der Waals surface area (Å²) in [5.41, 5.74) is 1.41. The minimum absolute atomic E-state index is 0.115. The quantitative estimate of drug-likeness (QED) is 0.882. The molecule has 0 spiro atoms. The van der Waals surface area contributed by atoms with Crippen LogP contribution < -0.4 is 0 Å². The second kappa shape index (κ2) is 5.48. The molecule has 1 N–H and O–H groups in total. The molecule has 3 heterocycles. The normalized spacial score (nSPS) is 24.9. The molecule has 0 radical (unpaired) electrons. The molecule has 2 aliphatic rings. The lowest BCUT2D eigenvalue weighted by Gasteiger charge is -2.32. The molecule has 0 saturated carbocycles. The Morgan fingerprint density at radius 1 is 1.52 bits per heavy atom. The Morgan fingerprint density at radius 2 is 2.33 bits per heavy atom. The number of hydrogen-bond donors (Lipinski definition) is 1. The summed E-state index contributed by atoms with van der Waals surface area (Å²) in [4.78, 5) is 29.8. The SMILES string of the molecule is CCn1cnc2c1C(C(=O)O)CN(C(=O)[C@H]1CCCO1)C2. The van der Waals surface area contributed by atoms with Crippen molar-refractivity contribution in [1.29, 1.82) is 0 Å². The molecule has 1 aromatic rings. The number of nitrogens with zero attached hydrogens (tertiary/aromatic N) is 3. The summed E-state index contributed by atoms with van der Waals surface area (Å²) < 4.78 is 7.26. The van der Waals surface area contributed by atoms with Gasteiger partial charge in [0.1, 0.15) is 12.0 Å². The maximum Gasteiger partial charge on any atom is 0.314 e. The van der Waals surface area contributed by atoms with Crippen molar-refractivity contribution in [3.63, 3.8) is 0 Å². The average Bonchev–Trinajstić information content (AvgIpc) is 3.14. The van der Waals surface area contributed by atoms with E-state index < -0.39 is 18.0 Å². The van der Waals surface area contributed by atoms with Crippen molar-refractivity contribution in [2.75, 3.05) is 13.2 Å². The molecule has 3 rings (SSSR count). The van der Waals surface area contributed by atoms with Gasteiger partial charge in [-0.15, -0.1) is 0 Å². The molecule has 2 aliphatic heterocycles. The summed E-state index contributed by atoms with van der Waals surface area (Å²) >= 11 is 0. The highest BCUT2D eigenvalue weighted by molar-refractivity contribution is 5.83. The summed E-state index contributed by atoms with van der Waals surface area (Å²) in [5.74, 6) is -1.76. The van der Waals surface area contributed by atoms with Crippen LogP contribution in [0.25, 0.3) is 0 Å². The second-order valence-corrected chi connectivity index (χ2v) is 5.47. The number of carboxylic acids is 1. The standard InChI is InChI=1S/C14H19N3O4/c1-2-16-8-15-10-7-17(6-9(12(10)16)14(19)20)13(18)11-4-3-5-21-11/h8-9,11H,2-7H2,1H3,(H,19,20)/t9?,11-/m1/s1. The highest BCUT2D eigenvalue weighted by Crippen LogP contribution is 2.29. The number of imidazole rings is 1. The lowest BCUT2D eigenvalue weighted by Crippen LogP contribution is -2.45. The van der Waals surface area contributed by atoms with Gasteiger partial charge in [-0.3, -0.25) is 9.59 Å². The Hall–Kier alpha value is -1.89. The number of aliphatic carboxylic acids is 1. The average molecular weight is 293 g/mol. The molecule has 7 heteroatoms. The van der Waals surface area contributed by atoms with Gasteiger partial charge in [0.15, 0.2) is 0 Å². The highest BCUT2D eigenvalue weighted by Gasteiger charge is 2.38. The molecule has 1 saturated heterocycles. The zero-order chi connectivity index (χ0) is 15.0. The van der Waals surface area contributed by atoms with Crippen molar-refractivity contribution in [3.8, 4) is 0 Å². The van der Waals surface area contributed by atoms with Crippen LogP contribution in [-0.4, -0.2) is 50.7 Å². The minimum atomic E-state index is -0.920. The van der Waals surface area contributed by atoms with Gasteiger partial charge in [-0.2, -0.15) is 0 Å². The molecule has 21 heavy (non-hydrogen) atoms. The van der Waals surface area contributed by atoms with Crippen molar-refractivity contribution in [3.05, 3.63) is 17.7 Å². The van der Waals surface area contributed by atoms with E-state index in [9.17, 15) is 14.7 Å². The van der Waals surface area contributed by atoms with Gasteiger partial charge >= 0.3 is 5.97 Å². The zero-order valence-corrected chi connectivity index (χ0v) is 12.0. The highest BCUT2D eigenvalue weighted by atomic mass is 16.5. The van der Waals surface area contributed by atoms with E-state index in [0.29, 0.717) is 31.8 Å². The first-order valence-electron chi connectivity index (χ1n) is 7.29. The van der Waals surface area contributed by atoms with Crippen LogP contribution >= 0.6 is 0 Å². The van der Waals surface area contributed by atoms with Gasteiger partial charge in [-0.05, 0) is 19.8 Å². The fraction of sp³-hybridized carbons (Fsp3) is 0.643. The third-order valence-electron chi connectivity index (χ3n) is 4.19. The Balaban J connectivity index is 1.87. The Labute approximate surface area is 122 Å². The predicted octanol–water partition coefficient (Wildman–Crippen LogP) is 0.592. The molecule has 0 aromatic carbocycles. The maximum atomic E-state index is 12.4. The molecular weight excluding hydrogens is 274 g/mol. The summed E-state index contributed by atoms with van der Waals surface area (Å²) in [6.07, 6.45) is 2.82. The van der Waals surface area contributed by atoms with Gasteiger partial charge in [0, 0.05) is 19.7 Å². The molecule has 0 bridgehead atoms. The summed E-state index contributed by atoms with van der Waals surface area (Å²) in [7, 11) is 0. The second-order valence-electron chi connectivity index (χ2n) is 5.47. The number of carbonyl (C=O) groups is 2. The number of carbonyl (C=O) groups excluding carboxylic acids is 1. The summed E-state index contributed by atoms with van der Waals surface area (Å²) in [5, 5.41) is 9.48. The molecule has 1 amide bonds. The Morgan fingerprint density at radius 3 is 2.95 bits per heavy atom. The topological polar surface area (TPSA) is 84.7 Å². The molecule has 1 fully saturated rings. The van der Waals surface area contributed by atoms with Crippen molar-refractivity contribution in [1.82, 2.24) is 14.5 Å². The fourth-order valence-corrected chi connectivity index (χ4v) is 3.10. The van der Waals surface area contributed by atoms with Crippen LogP contribution in [0.1, 0.15) is 37.1 Å². The Bertz CT molecular complexity index is 563. The Kier molecular flexibility index (Phi) is 3.67. The number of ether oxygens (including phenoxy) is 1. The van der Waals surface area contributed by atoms with E-state index in [1.165, 1.54) is 0 Å². The van der Waals surface area contributed by atoms with E-state index >= 15 is 0 Å².